The van der Waals surface area contributed by atoms with Crippen LogP contribution in [0.3, 0.4) is 0 Å². The zero-order valence-electron chi connectivity index (χ0n) is 15.4. The molecule has 0 heterocycles. The van der Waals surface area contributed by atoms with Crippen LogP contribution in [0.1, 0.15) is 58.9 Å². The Labute approximate surface area is 142 Å². The first kappa shape index (κ1) is 17.7. The standard InChI is InChI=1S/C21H32N2/c1-6-16(4)20(22-18-11-12-18)14-21(17(5)7-2)23-19-10-8-9-15(3)13-19/h8-10,13-14,16,18,22-23H,6-7,11-12H2,1-5H3/b20-14+,21-17+/t16-/m1/s1. The number of rotatable bonds is 8. The van der Waals surface area contributed by atoms with E-state index in [1.54, 1.807) is 0 Å². The summed E-state index contributed by atoms with van der Waals surface area (Å²) in [6.07, 6.45) is 7.18. The fraction of sp³-hybridized carbons (Fsp3) is 0.524. The highest BCUT2D eigenvalue weighted by Crippen LogP contribution is 2.25. The van der Waals surface area contributed by atoms with Gasteiger partial charge in [-0.3, -0.25) is 0 Å². The molecule has 0 unspecified atom stereocenters. The van der Waals surface area contributed by atoms with E-state index in [1.165, 1.54) is 41.1 Å². The van der Waals surface area contributed by atoms with Crippen molar-refractivity contribution in [2.24, 2.45) is 5.92 Å². The topological polar surface area (TPSA) is 24.1 Å². The molecule has 0 bridgehead atoms. The van der Waals surface area contributed by atoms with Gasteiger partial charge in [-0.25, -0.2) is 0 Å². The molecule has 1 aromatic carbocycles. The van der Waals surface area contributed by atoms with Crippen LogP contribution in [0.4, 0.5) is 5.69 Å². The van der Waals surface area contributed by atoms with Crippen molar-refractivity contribution < 1.29 is 0 Å². The van der Waals surface area contributed by atoms with Gasteiger partial charge < -0.3 is 10.6 Å². The summed E-state index contributed by atoms with van der Waals surface area (Å²) in [4.78, 5) is 0. The second kappa shape index (κ2) is 8.24. The summed E-state index contributed by atoms with van der Waals surface area (Å²) < 4.78 is 0. The first-order valence-corrected chi connectivity index (χ1v) is 9.05. The lowest BCUT2D eigenvalue weighted by atomic mass is 10.0. The van der Waals surface area contributed by atoms with Crippen molar-refractivity contribution >= 4 is 5.69 Å². The summed E-state index contributed by atoms with van der Waals surface area (Å²) in [5, 5.41) is 7.37. The quantitative estimate of drug-likeness (QED) is 0.595. The van der Waals surface area contributed by atoms with Gasteiger partial charge in [0.05, 0.1) is 0 Å². The number of allylic oxidation sites excluding steroid dienone is 3. The minimum Gasteiger partial charge on any atom is -0.385 e. The predicted octanol–water partition coefficient (Wildman–Crippen LogP) is 5.77. The van der Waals surface area contributed by atoms with Gasteiger partial charge in [-0.2, -0.15) is 0 Å². The van der Waals surface area contributed by atoms with Crippen LogP contribution >= 0.6 is 0 Å². The van der Waals surface area contributed by atoms with E-state index in [2.05, 4.69) is 75.6 Å². The molecule has 0 radical (unpaired) electrons. The monoisotopic (exact) mass is 312 g/mol. The zero-order chi connectivity index (χ0) is 16.8. The molecule has 126 valence electrons. The van der Waals surface area contributed by atoms with Crippen LogP contribution in [0, 0.1) is 12.8 Å². The van der Waals surface area contributed by atoms with Crippen molar-refractivity contribution in [1.29, 1.82) is 0 Å². The third kappa shape index (κ3) is 5.46. The second-order valence-corrected chi connectivity index (χ2v) is 6.87. The van der Waals surface area contributed by atoms with Crippen molar-refractivity contribution in [2.75, 3.05) is 5.32 Å². The van der Waals surface area contributed by atoms with E-state index in [4.69, 9.17) is 0 Å². The van der Waals surface area contributed by atoms with Crippen molar-refractivity contribution in [3.05, 3.63) is 52.9 Å². The van der Waals surface area contributed by atoms with E-state index in [1.807, 2.05) is 0 Å². The van der Waals surface area contributed by atoms with Crippen LogP contribution in [0.2, 0.25) is 0 Å². The molecule has 23 heavy (non-hydrogen) atoms. The molecule has 1 aromatic rings. The fourth-order valence-electron chi connectivity index (χ4n) is 2.50. The Morgan fingerprint density at radius 2 is 2.04 bits per heavy atom. The SMILES string of the molecule is CC/C(C)=C(\C=C(\NC1CC1)[C@H](C)CC)Nc1cccc(C)c1. The second-order valence-electron chi connectivity index (χ2n) is 6.87. The highest BCUT2D eigenvalue weighted by atomic mass is 15.0. The number of benzene rings is 1. The van der Waals surface area contributed by atoms with Gasteiger partial charge >= 0.3 is 0 Å². The molecule has 2 rings (SSSR count). The maximum Gasteiger partial charge on any atom is 0.0390 e. The van der Waals surface area contributed by atoms with Gasteiger partial charge in [-0.1, -0.05) is 38.5 Å². The molecular weight excluding hydrogens is 280 g/mol. The summed E-state index contributed by atoms with van der Waals surface area (Å²) in [7, 11) is 0. The van der Waals surface area contributed by atoms with E-state index in [-0.39, 0.29) is 0 Å². The van der Waals surface area contributed by atoms with Gasteiger partial charge in [0.2, 0.25) is 0 Å². The third-order valence-electron chi connectivity index (χ3n) is 4.68. The summed E-state index contributed by atoms with van der Waals surface area (Å²) >= 11 is 0. The van der Waals surface area contributed by atoms with Gasteiger partial charge in [-0.05, 0) is 69.2 Å². The summed E-state index contributed by atoms with van der Waals surface area (Å²) in [6, 6.07) is 9.28. The average Bonchev–Trinajstić information content (AvgIpc) is 3.36. The van der Waals surface area contributed by atoms with Crippen LogP contribution in [0.15, 0.2) is 47.3 Å². The van der Waals surface area contributed by atoms with Crippen LogP contribution in [0.25, 0.3) is 0 Å². The van der Waals surface area contributed by atoms with Crippen molar-refractivity contribution in [3.63, 3.8) is 0 Å². The Balaban J connectivity index is 2.27. The molecule has 2 heteroatoms. The van der Waals surface area contributed by atoms with Gasteiger partial charge in [0.25, 0.3) is 0 Å². The Bertz CT molecular complexity index is 579. The Morgan fingerprint density at radius 3 is 2.61 bits per heavy atom. The smallest absolute Gasteiger partial charge is 0.0390 e. The van der Waals surface area contributed by atoms with Gasteiger partial charge in [0.15, 0.2) is 0 Å². The fourth-order valence-corrected chi connectivity index (χ4v) is 2.50. The maximum atomic E-state index is 3.74. The lowest BCUT2D eigenvalue weighted by molar-refractivity contribution is 0.584. The highest BCUT2D eigenvalue weighted by molar-refractivity contribution is 5.53. The highest BCUT2D eigenvalue weighted by Gasteiger charge is 2.23. The minimum absolute atomic E-state index is 0.564. The molecule has 0 amide bonds. The number of anilines is 1. The van der Waals surface area contributed by atoms with Crippen LogP contribution in [0.5, 0.6) is 0 Å². The molecule has 1 saturated carbocycles. The van der Waals surface area contributed by atoms with E-state index < -0.39 is 0 Å². The summed E-state index contributed by atoms with van der Waals surface area (Å²) in [6.45, 7) is 11.2. The van der Waals surface area contributed by atoms with Gasteiger partial charge in [0, 0.05) is 23.1 Å². The number of aryl methyl sites for hydroxylation is 1. The van der Waals surface area contributed by atoms with Gasteiger partial charge in [-0.15, -0.1) is 0 Å². The van der Waals surface area contributed by atoms with Crippen molar-refractivity contribution in [2.45, 2.75) is 66.3 Å². The summed E-state index contributed by atoms with van der Waals surface area (Å²) in [5.74, 6) is 0.564. The molecule has 2 N–H and O–H groups in total. The predicted molar refractivity (Wildman–Crippen MR) is 101 cm³/mol. The Kier molecular flexibility index (Phi) is 6.32. The van der Waals surface area contributed by atoms with Crippen LogP contribution in [-0.2, 0) is 0 Å². The van der Waals surface area contributed by atoms with Crippen LogP contribution in [-0.4, -0.2) is 6.04 Å². The Hall–Kier alpha value is -1.70. The molecule has 0 aliphatic heterocycles. The molecule has 1 fully saturated rings. The zero-order valence-corrected chi connectivity index (χ0v) is 15.4. The lowest BCUT2D eigenvalue weighted by Crippen LogP contribution is -2.21. The van der Waals surface area contributed by atoms with E-state index in [9.17, 15) is 0 Å². The van der Waals surface area contributed by atoms with Crippen molar-refractivity contribution in [1.82, 2.24) is 5.32 Å². The number of hydrogen-bond acceptors (Lipinski definition) is 2. The first-order valence-electron chi connectivity index (χ1n) is 9.05. The maximum absolute atomic E-state index is 3.74. The minimum atomic E-state index is 0.564. The van der Waals surface area contributed by atoms with E-state index in [0.717, 1.165) is 12.8 Å². The van der Waals surface area contributed by atoms with Crippen molar-refractivity contribution in [3.8, 4) is 0 Å². The molecular formula is C21H32N2. The third-order valence-corrected chi connectivity index (χ3v) is 4.68. The van der Waals surface area contributed by atoms with Gasteiger partial charge in [0.1, 0.15) is 0 Å². The van der Waals surface area contributed by atoms with Crippen LogP contribution < -0.4 is 10.6 Å². The van der Waals surface area contributed by atoms with E-state index >= 15 is 0 Å². The molecule has 0 saturated heterocycles. The lowest BCUT2D eigenvalue weighted by Gasteiger charge is -2.19. The molecule has 0 spiro atoms. The molecule has 1 aliphatic rings. The first-order chi connectivity index (χ1) is 11.0. The molecule has 1 atom stereocenters. The average molecular weight is 313 g/mol. The Morgan fingerprint density at radius 1 is 1.30 bits per heavy atom. The largest absolute Gasteiger partial charge is 0.385 e. The molecule has 2 nitrogen and oxygen atoms in total. The number of hydrogen-bond donors (Lipinski definition) is 2. The van der Waals surface area contributed by atoms with E-state index in [0.29, 0.717) is 12.0 Å². The number of nitrogens with one attached hydrogen (secondary N) is 2. The molecule has 1 aliphatic carbocycles. The molecule has 0 aromatic heterocycles. The normalized spacial score (nSPS) is 17.5. The summed E-state index contributed by atoms with van der Waals surface area (Å²) in [5.41, 5.74) is 6.45.